The van der Waals surface area contributed by atoms with Crippen LogP contribution in [0, 0.1) is 0 Å². The number of rotatable bonds is 2. The molecule has 1 fully saturated rings. The first-order valence-corrected chi connectivity index (χ1v) is 8.80. The molecule has 0 amide bonds. The number of fused-ring (bicyclic) bond motifs is 1. The molecule has 128 valence electrons. The highest BCUT2D eigenvalue weighted by Gasteiger charge is 2.51. The quantitative estimate of drug-likeness (QED) is 0.613. The lowest BCUT2D eigenvalue weighted by atomic mass is 9.77. The first-order valence-electron chi connectivity index (χ1n) is 8.42. The molecule has 2 aliphatic heterocycles. The minimum atomic E-state index is -0.377. The Morgan fingerprint density at radius 1 is 1.04 bits per heavy atom. The predicted octanol–water partition coefficient (Wildman–Crippen LogP) is 3.39. The van der Waals surface area contributed by atoms with Gasteiger partial charge in [0.05, 0.1) is 23.5 Å². The van der Waals surface area contributed by atoms with Crippen LogP contribution in [0.5, 0.6) is 0 Å². The normalized spacial score (nSPS) is 20.5. The fourth-order valence-corrected chi connectivity index (χ4v) is 3.30. The maximum absolute atomic E-state index is 6.18. The monoisotopic (exact) mass is 354 g/mol. The summed E-state index contributed by atoms with van der Waals surface area (Å²) < 4.78 is 12.4. The molecular weight excluding hydrogens is 334 g/mol. The highest BCUT2D eigenvalue weighted by molar-refractivity contribution is 6.62. The third-order valence-corrected chi connectivity index (χ3v) is 5.53. The van der Waals surface area contributed by atoms with Crippen LogP contribution in [0.15, 0.2) is 41.5 Å². The van der Waals surface area contributed by atoms with Crippen LogP contribution in [0.1, 0.15) is 44.4 Å². The number of aromatic nitrogens is 1. The van der Waals surface area contributed by atoms with Crippen molar-refractivity contribution in [3.63, 3.8) is 0 Å². The van der Waals surface area contributed by atoms with E-state index in [0.717, 1.165) is 22.3 Å². The second kappa shape index (κ2) is 5.66. The second-order valence-corrected chi connectivity index (χ2v) is 7.92. The molecule has 4 nitrogen and oxygen atoms in total. The zero-order valence-electron chi connectivity index (χ0n) is 14.8. The Morgan fingerprint density at radius 2 is 1.76 bits per heavy atom. The Balaban J connectivity index is 1.70. The van der Waals surface area contributed by atoms with E-state index in [-0.39, 0.29) is 18.3 Å². The van der Waals surface area contributed by atoms with Gasteiger partial charge in [0.15, 0.2) is 0 Å². The van der Waals surface area contributed by atoms with Gasteiger partial charge in [-0.15, -0.1) is 0 Å². The van der Waals surface area contributed by atoms with Crippen molar-refractivity contribution in [2.45, 2.75) is 45.4 Å². The van der Waals surface area contributed by atoms with Crippen molar-refractivity contribution in [2.24, 2.45) is 4.99 Å². The lowest BCUT2D eigenvalue weighted by Gasteiger charge is -2.32. The molecule has 1 saturated heterocycles. The molecule has 1 aromatic carbocycles. The Kier molecular flexibility index (Phi) is 3.80. The first-order chi connectivity index (χ1) is 11.8. The van der Waals surface area contributed by atoms with Crippen LogP contribution < -0.4 is 5.46 Å². The molecule has 0 bridgehead atoms. The smallest absolute Gasteiger partial charge is 0.399 e. The van der Waals surface area contributed by atoms with Crippen molar-refractivity contribution in [3.05, 3.63) is 58.4 Å². The van der Waals surface area contributed by atoms with Crippen LogP contribution >= 0.6 is 11.6 Å². The third-order valence-electron chi connectivity index (χ3n) is 5.32. The summed E-state index contributed by atoms with van der Waals surface area (Å²) in [6.07, 6.45) is 1.70. The largest absolute Gasteiger partial charge is 0.494 e. The number of aliphatic imine (C=N–C) groups is 1. The highest BCUT2D eigenvalue weighted by atomic mass is 35.5. The van der Waals surface area contributed by atoms with Crippen molar-refractivity contribution < 1.29 is 9.31 Å². The van der Waals surface area contributed by atoms with Gasteiger partial charge in [-0.2, -0.15) is 0 Å². The van der Waals surface area contributed by atoms with Gasteiger partial charge in [-0.1, -0.05) is 29.8 Å². The van der Waals surface area contributed by atoms with Gasteiger partial charge in [-0.25, -0.2) is 4.98 Å². The summed E-state index contributed by atoms with van der Waals surface area (Å²) in [5, 5.41) is 0.468. The van der Waals surface area contributed by atoms with Crippen molar-refractivity contribution in [1.82, 2.24) is 4.98 Å². The highest BCUT2D eigenvalue weighted by Crippen LogP contribution is 2.36. The second-order valence-electron chi connectivity index (χ2n) is 7.54. The van der Waals surface area contributed by atoms with E-state index < -0.39 is 0 Å². The van der Waals surface area contributed by atoms with Crippen LogP contribution in [-0.2, 0) is 15.9 Å². The summed E-state index contributed by atoms with van der Waals surface area (Å²) in [6, 6.07) is 10.1. The maximum Gasteiger partial charge on any atom is 0.494 e. The standard InChI is InChI=1S/C19H20BClN2O2/c1-18(2)19(3,4)25-20(24-18)14-6-5-13-11-23-17(15(13)10-14)12-7-8-22-16(21)9-12/h5-10H,11H2,1-4H3. The van der Waals surface area contributed by atoms with Gasteiger partial charge in [-0.3, -0.25) is 4.99 Å². The van der Waals surface area contributed by atoms with E-state index in [9.17, 15) is 0 Å². The van der Waals surface area contributed by atoms with E-state index in [4.69, 9.17) is 20.9 Å². The minimum absolute atomic E-state index is 0.355. The molecule has 0 atom stereocenters. The fraction of sp³-hybridized carbons (Fsp3) is 0.368. The van der Waals surface area contributed by atoms with Crippen LogP contribution in [0.2, 0.25) is 5.15 Å². The Hall–Kier alpha value is -1.69. The number of hydrogen-bond acceptors (Lipinski definition) is 4. The lowest BCUT2D eigenvalue weighted by molar-refractivity contribution is 0.00578. The summed E-state index contributed by atoms with van der Waals surface area (Å²) in [4.78, 5) is 8.74. The number of benzene rings is 1. The SMILES string of the molecule is CC1(C)OB(c2ccc3c(c2)C(c2ccnc(Cl)c2)=NC3)OC1(C)C. The number of hydrogen-bond donors (Lipinski definition) is 0. The van der Waals surface area contributed by atoms with Gasteiger partial charge in [0.2, 0.25) is 0 Å². The summed E-state index contributed by atoms with van der Waals surface area (Å²) in [6.45, 7) is 8.92. The zero-order valence-corrected chi connectivity index (χ0v) is 15.6. The van der Waals surface area contributed by atoms with Crippen molar-refractivity contribution in [1.29, 1.82) is 0 Å². The molecule has 2 aliphatic rings. The van der Waals surface area contributed by atoms with Crippen molar-refractivity contribution in [3.8, 4) is 0 Å². The molecule has 0 unspecified atom stereocenters. The lowest BCUT2D eigenvalue weighted by Crippen LogP contribution is -2.41. The van der Waals surface area contributed by atoms with Gasteiger partial charge in [-0.05, 0) is 50.9 Å². The van der Waals surface area contributed by atoms with E-state index in [0.29, 0.717) is 11.7 Å². The Morgan fingerprint density at radius 3 is 2.44 bits per heavy atom. The van der Waals surface area contributed by atoms with Gasteiger partial charge < -0.3 is 9.31 Å². The Labute approximate surface area is 153 Å². The van der Waals surface area contributed by atoms with Gasteiger partial charge in [0, 0.05) is 17.3 Å². The predicted molar refractivity (Wildman–Crippen MR) is 101 cm³/mol. The summed E-state index contributed by atoms with van der Waals surface area (Å²) in [7, 11) is -0.377. The maximum atomic E-state index is 6.18. The number of halogens is 1. The molecule has 0 saturated carbocycles. The van der Waals surface area contributed by atoms with E-state index in [2.05, 4.69) is 55.9 Å². The van der Waals surface area contributed by atoms with Gasteiger partial charge in [0.1, 0.15) is 5.15 Å². The number of nitrogens with zero attached hydrogens (tertiary/aromatic N) is 2. The molecule has 6 heteroatoms. The van der Waals surface area contributed by atoms with Crippen LogP contribution in [-0.4, -0.2) is 29.0 Å². The molecule has 1 aromatic heterocycles. The molecule has 0 spiro atoms. The molecule has 0 aliphatic carbocycles. The summed E-state index contributed by atoms with van der Waals surface area (Å²) >= 11 is 6.04. The number of pyridine rings is 1. The van der Waals surface area contributed by atoms with Crippen LogP contribution in [0.25, 0.3) is 0 Å². The minimum Gasteiger partial charge on any atom is -0.399 e. The Bertz CT molecular complexity index is 863. The zero-order chi connectivity index (χ0) is 17.8. The van der Waals surface area contributed by atoms with Crippen molar-refractivity contribution in [2.75, 3.05) is 0 Å². The first kappa shape index (κ1) is 16.8. The van der Waals surface area contributed by atoms with E-state index in [1.807, 2.05) is 12.1 Å². The molecular formula is C19H20BClN2O2. The van der Waals surface area contributed by atoms with Gasteiger partial charge in [0.25, 0.3) is 0 Å². The average molecular weight is 355 g/mol. The van der Waals surface area contributed by atoms with Crippen LogP contribution in [0.4, 0.5) is 0 Å². The fourth-order valence-electron chi connectivity index (χ4n) is 3.12. The topological polar surface area (TPSA) is 43.7 Å². The molecule has 25 heavy (non-hydrogen) atoms. The van der Waals surface area contributed by atoms with Gasteiger partial charge >= 0.3 is 7.12 Å². The summed E-state index contributed by atoms with van der Waals surface area (Å²) in [5.74, 6) is 0. The molecule has 3 heterocycles. The molecule has 4 rings (SSSR count). The summed E-state index contributed by atoms with van der Waals surface area (Å²) in [5.41, 5.74) is 4.52. The van der Waals surface area contributed by atoms with E-state index in [1.54, 1.807) is 6.20 Å². The molecule has 2 aromatic rings. The average Bonchev–Trinajstić information content (AvgIpc) is 3.05. The molecule has 0 radical (unpaired) electrons. The van der Waals surface area contributed by atoms with E-state index >= 15 is 0 Å². The van der Waals surface area contributed by atoms with Crippen LogP contribution in [0.3, 0.4) is 0 Å². The van der Waals surface area contributed by atoms with Crippen molar-refractivity contribution >= 4 is 29.9 Å². The molecule has 0 N–H and O–H groups in total. The third kappa shape index (κ3) is 2.80. The van der Waals surface area contributed by atoms with E-state index in [1.165, 1.54) is 5.56 Å².